The number of hydrogen-bond acceptors (Lipinski definition) is 3. The lowest BCUT2D eigenvalue weighted by Gasteiger charge is -2.09. The average molecular weight is 200 g/mol. The van der Waals surface area contributed by atoms with Crippen LogP contribution in [0.4, 0.5) is 0 Å². The molecule has 0 aliphatic heterocycles. The van der Waals surface area contributed by atoms with Crippen molar-refractivity contribution in [3.8, 4) is 11.8 Å². The van der Waals surface area contributed by atoms with E-state index >= 15 is 0 Å². The highest BCUT2D eigenvalue weighted by atomic mass is 16.5. The molecule has 0 fully saturated rings. The first-order chi connectivity index (χ1) is 6.81. The highest BCUT2D eigenvalue weighted by Gasteiger charge is 1.99. The predicted octanol–water partition coefficient (Wildman–Crippen LogP) is 1.34. The topological polar surface area (TPSA) is 47.3 Å². The summed E-state index contributed by atoms with van der Waals surface area (Å²) in [5.74, 6) is 5.55. The summed E-state index contributed by atoms with van der Waals surface area (Å²) in [6.45, 7) is 7.21. The van der Waals surface area contributed by atoms with Gasteiger partial charge in [0.1, 0.15) is 12.8 Å². The zero-order chi connectivity index (χ0) is 11.2. The zero-order valence-corrected chi connectivity index (χ0v) is 9.89. The summed E-state index contributed by atoms with van der Waals surface area (Å²) in [5, 5.41) is 3.05. The Balaban J connectivity index is 0. The van der Waals surface area contributed by atoms with Crippen molar-refractivity contribution in [1.29, 1.82) is 0 Å². The molecule has 3 N–H and O–H groups in total. The molecule has 3 heteroatoms. The lowest BCUT2D eigenvalue weighted by molar-refractivity contribution is 0.0750. The van der Waals surface area contributed by atoms with Crippen LogP contribution in [-0.2, 0) is 4.74 Å². The third-order valence-corrected chi connectivity index (χ3v) is 1.46. The number of nitrogens with one attached hydrogen (secondary N) is 1. The molecule has 84 valence electrons. The van der Waals surface area contributed by atoms with Crippen molar-refractivity contribution in [2.45, 2.75) is 39.8 Å². The van der Waals surface area contributed by atoms with E-state index < -0.39 is 0 Å². The summed E-state index contributed by atoms with van der Waals surface area (Å²) in [6, 6.07) is 0. The van der Waals surface area contributed by atoms with Gasteiger partial charge in [-0.3, -0.25) is 0 Å². The second-order valence-corrected chi connectivity index (χ2v) is 2.52. The molecule has 0 radical (unpaired) electrons. The molecule has 0 saturated heterocycles. The fourth-order valence-electron chi connectivity index (χ4n) is 0.784. The van der Waals surface area contributed by atoms with E-state index in [1.54, 1.807) is 6.92 Å². The molecule has 0 spiro atoms. The average Bonchev–Trinajstić information content (AvgIpc) is 2.22. The molecule has 14 heavy (non-hydrogen) atoms. The van der Waals surface area contributed by atoms with Crippen molar-refractivity contribution < 1.29 is 4.74 Å². The Morgan fingerprint density at radius 2 is 2.07 bits per heavy atom. The number of hydrogen-bond donors (Lipinski definition) is 2. The molecule has 0 aliphatic rings. The van der Waals surface area contributed by atoms with Gasteiger partial charge in [0, 0.05) is 0 Å². The maximum Gasteiger partial charge on any atom is 0.109 e. The number of rotatable bonds is 6. The molecule has 0 rings (SSSR count). The summed E-state index contributed by atoms with van der Waals surface area (Å²) in [7, 11) is 1.93. The fraction of sp³-hybridized carbons (Fsp3) is 0.818. The first-order valence-corrected chi connectivity index (χ1v) is 5.22. The third-order valence-electron chi connectivity index (χ3n) is 1.46. The summed E-state index contributed by atoms with van der Waals surface area (Å²) in [6.07, 6.45) is 1.75. The van der Waals surface area contributed by atoms with E-state index in [4.69, 9.17) is 10.5 Å². The number of ether oxygens (including phenoxy) is 1. The summed E-state index contributed by atoms with van der Waals surface area (Å²) < 4.78 is 5.21. The molecule has 0 aromatic rings. The van der Waals surface area contributed by atoms with Gasteiger partial charge in [-0.2, -0.15) is 0 Å². The molecule has 0 amide bonds. The smallest absolute Gasteiger partial charge is 0.109 e. The normalized spacial score (nSPS) is 10.6. The van der Waals surface area contributed by atoms with Crippen LogP contribution >= 0.6 is 0 Å². The van der Waals surface area contributed by atoms with Crippen molar-refractivity contribution >= 4 is 0 Å². The van der Waals surface area contributed by atoms with Crippen LogP contribution < -0.4 is 11.1 Å². The third kappa shape index (κ3) is 14.0. The van der Waals surface area contributed by atoms with Gasteiger partial charge in [0.05, 0.1) is 0 Å². The van der Waals surface area contributed by atoms with Crippen molar-refractivity contribution in [3.05, 3.63) is 0 Å². The molecule has 0 bridgehead atoms. The quantitative estimate of drug-likeness (QED) is 0.386. The van der Waals surface area contributed by atoms with Crippen molar-refractivity contribution in [2.75, 3.05) is 20.2 Å². The van der Waals surface area contributed by atoms with Crippen molar-refractivity contribution in [2.24, 2.45) is 5.73 Å². The maximum atomic E-state index is 5.64. The second-order valence-electron chi connectivity index (χ2n) is 2.52. The van der Waals surface area contributed by atoms with Gasteiger partial charge in [-0.05, 0) is 33.4 Å². The van der Waals surface area contributed by atoms with Gasteiger partial charge >= 0.3 is 0 Å². The molecule has 0 aromatic carbocycles. The van der Waals surface area contributed by atoms with Gasteiger partial charge in [0.15, 0.2) is 0 Å². The molecule has 1 atom stereocenters. The van der Waals surface area contributed by atoms with Crippen molar-refractivity contribution in [1.82, 2.24) is 5.32 Å². The minimum absolute atomic E-state index is 0.167. The van der Waals surface area contributed by atoms with Crippen molar-refractivity contribution in [3.63, 3.8) is 0 Å². The van der Waals surface area contributed by atoms with Crippen LogP contribution in [0.2, 0.25) is 0 Å². The Bertz CT molecular complexity index is 149. The second kappa shape index (κ2) is 14.9. The van der Waals surface area contributed by atoms with Gasteiger partial charge in [-0.25, -0.2) is 0 Å². The minimum atomic E-state index is -0.167. The van der Waals surface area contributed by atoms with Crippen LogP contribution in [0, 0.1) is 11.8 Å². The molecule has 1 unspecified atom stereocenters. The van der Waals surface area contributed by atoms with E-state index in [-0.39, 0.29) is 6.23 Å². The SMILES string of the molecule is CC.CC#CCOC(N)CCCNC. The predicted molar refractivity (Wildman–Crippen MR) is 61.9 cm³/mol. The maximum absolute atomic E-state index is 5.64. The zero-order valence-electron chi connectivity index (χ0n) is 9.89. The first kappa shape index (κ1) is 15.9. The van der Waals surface area contributed by atoms with Gasteiger partial charge in [-0.1, -0.05) is 19.8 Å². The highest BCUT2D eigenvalue weighted by molar-refractivity contribution is 4.94. The molecule has 0 heterocycles. The largest absolute Gasteiger partial charge is 0.351 e. The Morgan fingerprint density at radius 1 is 1.43 bits per heavy atom. The molecule has 0 aromatic heterocycles. The fourth-order valence-corrected chi connectivity index (χ4v) is 0.784. The van der Waals surface area contributed by atoms with Crippen LogP contribution in [0.1, 0.15) is 33.6 Å². The standard InChI is InChI=1S/C9H18N2O.C2H6/c1-3-4-8-12-9(10)6-5-7-11-2;1-2/h9,11H,5-8,10H2,1-2H3;1-2H3. The van der Waals surface area contributed by atoms with Crippen LogP contribution in [-0.4, -0.2) is 26.4 Å². The monoisotopic (exact) mass is 200 g/mol. The van der Waals surface area contributed by atoms with E-state index in [1.165, 1.54) is 0 Å². The van der Waals surface area contributed by atoms with Gasteiger partial charge < -0.3 is 15.8 Å². The Labute approximate surface area is 88.4 Å². The van der Waals surface area contributed by atoms with E-state index in [0.29, 0.717) is 6.61 Å². The number of nitrogens with two attached hydrogens (primary N) is 1. The van der Waals surface area contributed by atoms with Crippen LogP contribution in [0.5, 0.6) is 0 Å². The first-order valence-electron chi connectivity index (χ1n) is 5.22. The molecule has 0 aliphatic carbocycles. The van der Waals surface area contributed by atoms with Crippen LogP contribution in [0.15, 0.2) is 0 Å². The van der Waals surface area contributed by atoms with E-state index in [1.807, 2.05) is 20.9 Å². The summed E-state index contributed by atoms with van der Waals surface area (Å²) >= 11 is 0. The molecule has 0 saturated carbocycles. The van der Waals surface area contributed by atoms with E-state index in [9.17, 15) is 0 Å². The van der Waals surface area contributed by atoms with Gasteiger partial charge in [0.2, 0.25) is 0 Å². The molecular formula is C11H24N2O. The van der Waals surface area contributed by atoms with E-state index in [2.05, 4.69) is 17.2 Å². The van der Waals surface area contributed by atoms with Gasteiger partial charge in [0.25, 0.3) is 0 Å². The van der Waals surface area contributed by atoms with E-state index in [0.717, 1.165) is 19.4 Å². The van der Waals surface area contributed by atoms with Gasteiger partial charge in [-0.15, -0.1) is 5.92 Å². The minimum Gasteiger partial charge on any atom is -0.351 e. The van der Waals surface area contributed by atoms with Crippen LogP contribution in [0.3, 0.4) is 0 Å². The highest BCUT2D eigenvalue weighted by Crippen LogP contribution is 1.94. The molecular weight excluding hydrogens is 176 g/mol. The lowest BCUT2D eigenvalue weighted by atomic mass is 10.3. The Kier molecular flexibility index (Phi) is 17.0. The Morgan fingerprint density at radius 3 is 2.57 bits per heavy atom. The molecule has 3 nitrogen and oxygen atoms in total. The van der Waals surface area contributed by atoms with Crippen LogP contribution in [0.25, 0.3) is 0 Å². The summed E-state index contributed by atoms with van der Waals surface area (Å²) in [4.78, 5) is 0. The lowest BCUT2D eigenvalue weighted by Crippen LogP contribution is -2.25. The Hall–Kier alpha value is -0.560. The summed E-state index contributed by atoms with van der Waals surface area (Å²) in [5.41, 5.74) is 5.64.